The van der Waals surface area contributed by atoms with Crippen molar-refractivity contribution in [1.29, 1.82) is 0 Å². The number of primary amides is 1. The first-order chi connectivity index (χ1) is 6.65. The van der Waals surface area contributed by atoms with Crippen molar-refractivity contribution in [2.75, 3.05) is 0 Å². The van der Waals surface area contributed by atoms with Gasteiger partial charge in [-0.3, -0.25) is 4.79 Å². The summed E-state index contributed by atoms with van der Waals surface area (Å²) >= 11 is 0. The molecular formula is C10H13N3O. The number of nitrogens with two attached hydrogens (primary N) is 1. The molecule has 74 valence electrons. The number of amides is 1. The first-order valence-electron chi connectivity index (χ1n) is 4.49. The average molecular weight is 191 g/mol. The fourth-order valence-electron chi connectivity index (χ4n) is 0.874. The Morgan fingerprint density at radius 3 is 3.07 bits per heavy atom. The van der Waals surface area contributed by atoms with Crippen LogP contribution in [-0.2, 0) is 0 Å². The lowest BCUT2D eigenvalue weighted by Gasteiger charge is -1.94. The van der Waals surface area contributed by atoms with Crippen LogP contribution in [0.4, 0.5) is 0 Å². The summed E-state index contributed by atoms with van der Waals surface area (Å²) in [7, 11) is 0. The van der Waals surface area contributed by atoms with Crippen molar-refractivity contribution in [3.05, 3.63) is 17.7 Å². The van der Waals surface area contributed by atoms with Crippen LogP contribution in [0.3, 0.4) is 0 Å². The molecule has 0 aliphatic carbocycles. The molecule has 0 aromatic carbocycles. The Labute approximate surface area is 82.9 Å². The second-order valence-electron chi connectivity index (χ2n) is 3.07. The Balaban J connectivity index is 2.89. The predicted molar refractivity (Wildman–Crippen MR) is 53.4 cm³/mol. The van der Waals surface area contributed by atoms with E-state index in [1.54, 1.807) is 0 Å². The van der Waals surface area contributed by atoms with Gasteiger partial charge >= 0.3 is 0 Å². The highest BCUT2D eigenvalue weighted by Gasteiger charge is 2.08. The molecule has 1 aromatic heterocycles. The monoisotopic (exact) mass is 191 g/mol. The van der Waals surface area contributed by atoms with Crippen LogP contribution in [0.2, 0.25) is 0 Å². The van der Waals surface area contributed by atoms with Crippen LogP contribution in [0.5, 0.6) is 0 Å². The van der Waals surface area contributed by atoms with Gasteiger partial charge in [-0.25, -0.2) is 4.98 Å². The number of carbonyl (C=O) groups is 1. The highest BCUT2D eigenvalue weighted by molar-refractivity contribution is 5.92. The third kappa shape index (κ3) is 2.36. The van der Waals surface area contributed by atoms with Gasteiger partial charge in [-0.2, -0.15) is 0 Å². The van der Waals surface area contributed by atoms with Gasteiger partial charge in [0.05, 0.1) is 6.33 Å². The predicted octanol–water partition coefficient (Wildman–Crippen LogP) is 0.906. The minimum absolute atomic E-state index is 0.209. The van der Waals surface area contributed by atoms with Crippen LogP contribution >= 0.6 is 0 Å². The summed E-state index contributed by atoms with van der Waals surface area (Å²) in [6.45, 7) is 4.08. The first-order valence-corrected chi connectivity index (χ1v) is 4.49. The molecule has 0 aliphatic rings. The number of nitrogens with one attached hydrogen (secondary N) is 1. The normalized spacial score (nSPS) is 11.6. The van der Waals surface area contributed by atoms with Gasteiger partial charge in [0.25, 0.3) is 5.91 Å². The topological polar surface area (TPSA) is 71.8 Å². The van der Waals surface area contributed by atoms with Gasteiger partial charge in [0, 0.05) is 5.92 Å². The Morgan fingerprint density at radius 2 is 2.50 bits per heavy atom. The Morgan fingerprint density at radius 1 is 1.79 bits per heavy atom. The molecule has 0 aliphatic heterocycles. The quantitative estimate of drug-likeness (QED) is 0.682. The minimum Gasteiger partial charge on any atom is -0.364 e. The van der Waals surface area contributed by atoms with Crippen molar-refractivity contribution >= 4 is 5.91 Å². The van der Waals surface area contributed by atoms with Gasteiger partial charge in [-0.15, -0.1) is 0 Å². The molecule has 4 heteroatoms. The molecule has 14 heavy (non-hydrogen) atoms. The molecule has 0 saturated heterocycles. The maximum atomic E-state index is 10.9. The molecule has 1 heterocycles. The van der Waals surface area contributed by atoms with Crippen molar-refractivity contribution in [1.82, 2.24) is 9.97 Å². The summed E-state index contributed by atoms with van der Waals surface area (Å²) in [5, 5.41) is 0. The SMILES string of the molecule is CCC(C)C#Cc1[nH]cnc1C(N)=O. The van der Waals surface area contributed by atoms with E-state index in [1.807, 2.05) is 6.92 Å². The molecule has 0 bridgehead atoms. The largest absolute Gasteiger partial charge is 0.364 e. The third-order valence-corrected chi connectivity index (χ3v) is 1.93. The zero-order valence-electron chi connectivity index (χ0n) is 8.29. The summed E-state index contributed by atoms with van der Waals surface area (Å²) < 4.78 is 0. The zero-order valence-corrected chi connectivity index (χ0v) is 8.29. The van der Waals surface area contributed by atoms with E-state index in [9.17, 15) is 4.79 Å². The van der Waals surface area contributed by atoms with E-state index in [1.165, 1.54) is 6.33 Å². The van der Waals surface area contributed by atoms with E-state index in [4.69, 9.17) is 5.73 Å². The molecule has 0 radical (unpaired) electrons. The summed E-state index contributed by atoms with van der Waals surface area (Å²) in [5.74, 6) is 5.61. The molecule has 1 unspecified atom stereocenters. The van der Waals surface area contributed by atoms with Gasteiger partial charge < -0.3 is 10.7 Å². The van der Waals surface area contributed by atoms with Crippen LogP contribution in [0.25, 0.3) is 0 Å². The summed E-state index contributed by atoms with van der Waals surface area (Å²) in [4.78, 5) is 17.4. The highest BCUT2D eigenvalue weighted by atomic mass is 16.1. The van der Waals surface area contributed by atoms with E-state index in [2.05, 4.69) is 28.7 Å². The molecule has 3 N–H and O–H groups in total. The molecule has 1 amide bonds. The second-order valence-corrected chi connectivity index (χ2v) is 3.07. The lowest BCUT2D eigenvalue weighted by atomic mass is 10.1. The number of imidazole rings is 1. The number of aromatic nitrogens is 2. The number of hydrogen-bond donors (Lipinski definition) is 2. The lowest BCUT2D eigenvalue weighted by Crippen LogP contribution is -2.13. The molecule has 0 fully saturated rings. The molecule has 1 atom stereocenters. The van der Waals surface area contributed by atoms with Crippen LogP contribution < -0.4 is 5.73 Å². The van der Waals surface area contributed by atoms with Gasteiger partial charge in [0.1, 0.15) is 5.69 Å². The van der Waals surface area contributed by atoms with E-state index in [-0.39, 0.29) is 5.69 Å². The van der Waals surface area contributed by atoms with Gasteiger partial charge in [0.15, 0.2) is 5.69 Å². The van der Waals surface area contributed by atoms with E-state index in [0.717, 1.165) is 6.42 Å². The van der Waals surface area contributed by atoms with Crippen molar-refractivity contribution in [2.24, 2.45) is 11.7 Å². The van der Waals surface area contributed by atoms with Gasteiger partial charge in [0.2, 0.25) is 0 Å². The van der Waals surface area contributed by atoms with Crippen molar-refractivity contribution in [3.63, 3.8) is 0 Å². The maximum absolute atomic E-state index is 10.9. The molecule has 0 saturated carbocycles. The van der Waals surface area contributed by atoms with Crippen molar-refractivity contribution in [2.45, 2.75) is 20.3 Å². The van der Waals surface area contributed by atoms with Gasteiger partial charge in [-0.05, 0) is 12.3 Å². The van der Waals surface area contributed by atoms with E-state index in [0.29, 0.717) is 11.6 Å². The first kappa shape index (κ1) is 10.3. The number of nitrogens with zero attached hydrogens (tertiary/aromatic N) is 1. The van der Waals surface area contributed by atoms with Crippen LogP contribution in [0.15, 0.2) is 6.33 Å². The number of aromatic amines is 1. The van der Waals surface area contributed by atoms with Crippen molar-refractivity contribution < 1.29 is 4.79 Å². The van der Waals surface area contributed by atoms with Crippen LogP contribution in [0, 0.1) is 17.8 Å². The maximum Gasteiger partial charge on any atom is 0.270 e. The zero-order chi connectivity index (χ0) is 10.6. The number of rotatable bonds is 2. The Kier molecular flexibility index (Phi) is 3.29. The standard InChI is InChI=1S/C10H13N3O/c1-3-7(2)4-5-8-9(10(11)14)13-6-12-8/h6-7H,3H2,1-2H3,(H2,11,14)(H,12,13). The number of hydrogen-bond acceptors (Lipinski definition) is 2. The van der Waals surface area contributed by atoms with E-state index < -0.39 is 5.91 Å². The summed E-state index contributed by atoms with van der Waals surface area (Å²) in [6, 6.07) is 0. The van der Waals surface area contributed by atoms with Gasteiger partial charge in [-0.1, -0.05) is 19.8 Å². The lowest BCUT2D eigenvalue weighted by molar-refractivity contribution is 0.0996. The molecule has 1 aromatic rings. The average Bonchev–Trinajstić information content (AvgIpc) is 2.62. The molecule has 4 nitrogen and oxygen atoms in total. The number of carbonyl (C=O) groups excluding carboxylic acids is 1. The molecular weight excluding hydrogens is 178 g/mol. The smallest absolute Gasteiger partial charge is 0.270 e. The fraction of sp³-hybridized carbons (Fsp3) is 0.400. The van der Waals surface area contributed by atoms with E-state index >= 15 is 0 Å². The van der Waals surface area contributed by atoms with Crippen LogP contribution in [-0.4, -0.2) is 15.9 Å². The highest BCUT2D eigenvalue weighted by Crippen LogP contribution is 2.02. The third-order valence-electron chi connectivity index (χ3n) is 1.93. The summed E-state index contributed by atoms with van der Waals surface area (Å²) in [6.07, 6.45) is 2.40. The molecule has 0 spiro atoms. The van der Waals surface area contributed by atoms with Crippen LogP contribution in [0.1, 0.15) is 36.5 Å². The molecule has 1 rings (SSSR count). The number of H-pyrrole nitrogens is 1. The fourth-order valence-corrected chi connectivity index (χ4v) is 0.874. The minimum atomic E-state index is -0.556. The Hall–Kier alpha value is -1.76. The Bertz CT molecular complexity index is 384. The summed E-state index contributed by atoms with van der Waals surface area (Å²) in [5.41, 5.74) is 5.82. The second kappa shape index (κ2) is 4.47. The van der Waals surface area contributed by atoms with Crippen molar-refractivity contribution in [3.8, 4) is 11.8 Å².